The number of hydrogen-bond donors (Lipinski definition) is 1. The Hall–Kier alpha value is -1.06. The second-order valence-corrected chi connectivity index (χ2v) is 6.84. The molecule has 0 saturated carbocycles. The molecule has 4 rings (SSSR count). The molecule has 2 aliphatic heterocycles. The minimum absolute atomic E-state index is 0.632. The second-order valence-electron chi connectivity index (χ2n) is 6.84. The number of aryl methyl sites for hydroxylation is 1. The standard InChI is InChI=1S/C18H26N2O/c1-21-15-7-8-16-13(10-15)4-2-6-17(16)20-9-3-5-14-11-19-12-18(14)20/h7-8,10,14,17-19H,2-6,9,11-12H2,1H3. The van der Waals surface area contributed by atoms with Crippen LogP contribution in [0.15, 0.2) is 18.2 Å². The zero-order valence-electron chi connectivity index (χ0n) is 13.0. The summed E-state index contributed by atoms with van der Waals surface area (Å²) in [5, 5.41) is 3.61. The monoisotopic (exact) mass is 286 g/mol. The molecule has 3 unspecified atom stereocenters. The molecule has 0 spiro atoms. The predicted molar refractivity (Wildman–Crippen MR) is 84.8 cm³/mol. The van der Waals surface area contributed by atoms with Gasteiger partial charge in [-0.1, -0.05) is 6.07 Å². The molecule has 1 aliphatic carbocycles. The van der Waals surface area contributed by atoms with E-state index >= 15 is 0 Å². The summed E-state index contributed by atoms with van der Waals surface area (Å²) in [6.07, 6.45) is 6.62. The second kappa shape index (κ2) is 5.62. The van der Waals surface area contributed by atoms with Crippen LogP contribution < -0.4 is 10.1 Å². The normalized spacial score (nSPS) is 32.5. The quantitative estimate of drug-likeness (QED) is 0.905. The van der Waals surface area contributed by atoms with Crippen LogP contribution in [0.2, 0.25) is 0 Å². The Bertz CT molecular complexity index is 516. The highest BCUT2D eigenvalue weighted by molar-refractivity contribution is 5.39. The molecule has 2 saturated heterocycles. The van der Waals surface area contributed by atoms with Gasteiger partial charge in [0.15, 0.2) is 0 Å². The smallest absolute Gasteiger partial charge is 0.119 e. The molecule has 0 aromatic heterocycles. The molecular weight excluding hydrogens is 260 g/mol. The first-order chi connectivity index (χ1) is 10.4. The Kier molecular flexibility index (Phi) is 3.64. The summed E-state index contributed by atoms with van der Waals surface area (Å²) in [4.78, 5) is 2.82. The fourth-order valence-corrected chi connectivity index (χ4v) is 4.73. The van der Waals surface area contributed by atoms with Gasteiger partial charge in [-0.2, -0.15) is 0 Å². The van der Waals surface area contributed by atoms with Crippen molar-refractivity contribution in [1.29, 1.82) is 0 Å². The third-order valence-corrected chi connectivity index (χ3v) is 5.75. The maximum atomic E-state index is 5.41. The fraction of sp³-hybridized carbons (Fsp3) is 0.667. The molecule has 0 bridgehead atoms. The molecule has 0 amide bonds. The van der Waals surface area contributed by atoms with Gasteiger partial charge in [-0.05, 0) is 74.4 Å². The molecule has 2 fully saturated rings. The van der Waals surface area contributed by atoms with Crippen molar-refractivity contribution in [2.75, 3.05) is 26.7 Å². The first-order valence-corrected chi connectivity index (χ1v) is 8.50. The van der Waals surface area contributed by atoms with Crippen LogP contribution in [-0.4, -0.2) is 37.7 Å². The Morgan fingerprint density at radius 1 is 1.19 bits per heavy atom. The lowest BCUT2D eigenvalue weighted by atomic mass is 9.83. The van der Waals surface area contributed by atoms with Crippen LogP contribution in [0.3, 0.4) is 0 Å². The van der Waals surface area contributed by atoms with Gasteiger partial charge >= 0.3 is 0 Å². The summed E-state index contributed by atoms with van der Waals surface area (Å²) >= 11 is 0. The number of methoxy groups -OCH3 is 1. The molecule has 1 aromatic rings. The van der Waals surface area contributed by atoms with E-state index in [2.05, 4.69) is 28.4 Å². The predicted octanol–water partition coefficient (Wildman–Crippen LogP) is 2.76. The van der Waals surface area contributed by atoms with E-state index in [1.165, 1.54) is 57.3 Å². The minimum Gasteiger partial charge on any atom is -0.497 e. The third-order valence-electron chi connectivity index (χ3n) is 5.75. The van der Waals surface area contributed by atoms with Gasteiger partial charge in [0.25, 0.3) is 0 Å². The lowest BCUT2D eigenvalue weighted by Crippen LogP contribution is -2.47. The van der Waals surface area contributed by atoms with Gasteiger partial charge in [-0.3, -0.25) is 4.90 Å². The Morgan fingerprint density at radius 3 is 3.05 bits per heavy atom. The van der Waals surface area contributed by atoms with E-state index in [0.29, 0.717) is 6.04 Å². The van der Waals surface area contributed by atoms with Crippen LogP contribution in [0.1, 0.15) is 42.9 Å². The average molecular weight is 286 g/mol. The first kappa shape index (κ1) is 13.6. The van der Waals surface area contributed by atoms with Crippen LogP contribution in [0.25, 0.3) is 0 Å². The van der Waals surface area contributed by atoms with Gasteiger partial charge in [-0.25, -0.2) is 0 Å². The molecule has 114 valence electrons. The highest BCUT2D eigenvalue weighted by Crippen LogP contribution is 2.40. The highest BCUT2D eigenvalue weighted by atomic mass is 16.5. The van der Waals surface area contributed by atoms with Gasteiger partial charge in [0.2, 0.25) is 0 Å². The number of nitrogens with one attached hydrogen (secondary N) is 1. The van der Waals surface area contributed by atoms with Crippen molar-refractivity contribution in [3.8, 4) is 5.75 Å². The van der Waals surface area contributed by atoms with Crippen molar-refractivity contribution in [3.05, 3.63) is 29.3 Å². The molecule has 21 heavy (non-hydrogen) atoms. The van der Waals surface area contributed by atoms with E-state index in [1.807, 2.05) is 0 Å². The van der Waals surface area contributed by atoms with E-state index < -0.39 is 0 Å². The molecule has 3 nitrogen and oxygen atoms in total. The number of likely N-dealkylation sites (tertiary alicyclic amines) is 1. The largest absolute Gasteiger partial charge is 0.497 e. The van der Waals surface area contributed by atoms with Gasteiger partial charge in [-0.15, -0.1) is 0 Å². The molecule has 0 radical (unpaired) electrons. The van der Waals surface area contributed by atoms with Crippen molar-refractivity contribution in [3.63, 3.8) is 0 Å². The van der Waals surface area contributed by atoms with Crippen molar-refractivity contribution in [1.82, 2.24) is 10.2 Å². The summed E-state index contributed by atoms with van der Waals surface area (Å²) in [5.41, 5.74) is 3.08. The fourth-order valence-electron chi connectivity index (χ4n) is 4.73. The molecule has 3 aliphatic rings. The zero-order valence-corrected chi connectivity index (χ0v) is 13.0. The van der Waals surface area contributed by atoms with E-state index in [9.17, 15) is 0 Å². The van der Waals surface area contributed by atoms with Crippen LogP contribution in [0.5, 0.6) is 5.75 Å². The van der Waals surface area contributed by atoms with E-state index in [1.54, 1.807) is 12.7 Å². The number of ether oxygens (including phenoxy) is 1. The maximum Gasteiger partial charge on any atom is 0.119 e. The summed E-state index contributed by atoms with van der Waals surface area (Å²) in [7, 11) is 1.77. The molecule has 1 N–H and O–H groups in total. The lowest BCUT2D eigenvalue weighted by molar-refractivity contribution is 0.0679. The van der Waals surface area contributed by atoms with Crippen molar-refractivity contribution >= 4 is 0 Å². The number of benzene rings is 1. The highest BCUT2D eigenvalue weighted by Gasteiger charge is 2.39. The first-order valence-electron chi connectivity index (χ1n) is 8.50. The van der Waals surface area contributed by atoms with Crippen molar-refractivity contribution in [2.45, 2.75) is 44.2 Å². The third kappa shape index (κ3) is 2.36. The number of rotatable bonds is 2. The Labute approximate surface area is 127 Å². The molecule has 2 heterocycles. The lowest BCUT2D eigenvalue weighted by Gasteiger charge is -2.44. The van der Waals surface area contributed by atoms with Crippen LogP contribution >= 0.6 is 0 Å². The van der Waals surface area contributed by atoms with Crippen molar-refractivity contribution < 1.29 is 4.74 Å². The number of fused-ring (bicyclic) bond motifs is 2. The molecular formula is C18H26N2O. The summed E-state index contributed by atoms with van der Waals surface area (Å²) in [6, 6.07) is 8.12. The Balaban J connectivity index is 1.64. The molecule has 3 atom stereocenters. The van der Waals surface area contributed by atoms with E-state index in [0.717, 1.165) is 17.7 Å². The van der Waals surface area contributed by atoms with Gasteiger partial charge in [0.05, 0.1) is 7.11 Å². The average Bonchev–Trinajstić information content (AvgIpc) is 3.02. The summed E-state index contributed by atoms with van der Waals surface area (Å²) in [6.45, 7) is 3.69. The topological polar surface area (TPSA) is 24.5 Å². The minimum atomic E-state index is 0.632. The van der Waals surface area contributed by atoms with E-state index in [4.69, 9.17) is 4.74 Å². The van der Waals surface area contributed by atoms with Crippen molar-refractivity contribution in [2.24, 2.45) is 5.92 Å². The molecule has 3 heteroatoms. The number of nitrogens with zero attached hydrogens (tertiary/aromatic N) is 1. The SMILES string of the molecule is COc1ccc2c(c1)CCCC2N1CCCC2CNCC21. The van der Waals surface area contributed by atoms with Crippen LogP contribution in [-0.2, 0) is 6.42 Å². The number of piperidine rings is 1. The summed E-state index contributed by atoms with van der Waals surface area (Å²) < 4.78 is 5.41. The van der Waals surface area contributed by atoms with Gasteiger partial charge < -0.3 is 10.1 Å². The maximum absolute atomic E-state index is 5.41. The van der Waals surface area contributed by atoms with Gasteiger partial charge in [0.1, 0.15) is 5.75 Å². The Morgan fingerprint density at radius 2 is 2.14 bits per heavy atom. The van der Waals surface area contributed by atoms with Crippen LogP contribution in [0, 0.1) is 5.92 Å². The number of hydrogen-bond acceptors (Lipinski definition) is 3. The zero-order chi connectivity index (χ0) is 14.2. The van der Waals surface area contributed by atoms with E-state index in [-0.39, 0.29) is 0 Å². The molecule has 1 aromatic carbocycles. The summed E-state index contributed by atoms with van der Waals surface area (Å²) in [5.74, 6) is 1.89. The van der Waals surface area contributed by atoms with Gasteiger partial charge in [0, 0.05) is 18.6 Å². The van der Waals surface area contributed by atoms with Crippen LogP contribution in [0.4, 0.5) is 0 Å².